The van der Waals surface area contributed by atoms with Gasteiger partial charge in [0, 0.05) is 12.1 Å². The number of non-ortho nitro benzene ring substituents is 1. The van der Waals surface area contributed by atoms with Gasteiger partial charge in [0.1, 0.15) is 29.8 Å². The van der Waals surface area contributed by atoms with Crippen LogP contribution in [0.2, 0.25) is 0 Å². The van der Waals surface area contributed by atoms with Crippen LogP contribution in [0, 0.1) is 15.5 Å². The molecule has 0 bridgehead atoms. The van der Waals surface area contributed by atoms with Gasteiger partial charge in [0.05, 0.1) is 10.5 Å². The Morgan fingerprint density at radius 1 is 1.09 bits per heavy atom. The highest BCUT2D eigenvalue weighted by Gasteiger charge is 2.35. The number of hydrogen-bond acceptors (Lipinski definition) is 8. The molecule has 0 radical (unpaired) electrons. The molecular weight excluding hydrogens is 470 g/mol. The van der Waals surface area contributed by atoms with Crippen LogP contribution >= 0.6 is 11.8 Å². The number of amidine groups is 2. The maximum atomic E-state index is 12.5. The average molecular weight is 494 g/mol. The molecule has 10 nitrogen and oxygen atoms in total. The number of benzene rings is 2. The molecule has 2 heterocycles. The van der Waals surface area contributed by atoms with Crippen LogP contribution in [-0.2, 0) is 4.79 Å². The number of fused-ring (bicyclic) bond motifs is 1. The summed E-state index contributed by atoms with van der Waals surface area (Å²) in [4.78, 5) is 26.9. The maximum absolute atomic E-state index is 12.5. The van der Waals surface area contributed by atoms with Gasteiger partial charge in [0.25, 0.3) is 11.6 Å². The molecule has 2 aromatic carbocycles. The van der Waals surface area contributed by atoms with E-state index in [1.165, 1.54) is 41.0 Å². The number of ether oxygens (including phenoxy) is 2. The van der Waals surface area contributed by atoms with E-state index < -0.39 is 10.8 Å². The van der Waals surface area contributed by atoms with Crippen LogP contribution in [0.15, 0.2) is 64.2 Å². The number of carbonyl (C=O) groups is 1. The number of hydrogen-bond donors (Lipinski definition) is 1. The zero-order valence-corrected chi connectivity index (χ0v) is 19.8. The largest absolute Gasteiger partial charge is 0.490 e. The summed E-state index contributed by atoms with van der Waals surface area (Å²) in [6, 6.07) is 12.9. The highest BCUT2D eigenvalue weighted by molar-refractivity contribution is 8.26. The van der Waals surface area contributed by atoms with Crippen LogP contribution in [0.3, 0.4) is 0 Å². The lowest BCUT2D eigenvalue weighted by molar-refractivity contribution is -0.384. The lowest BCUT2D eigenvalue weighted by Crippen LogP contribution is -2.35. The Labute approximate surface area is 206 Å². The molecule has 1 N–H and O–H groups in total. The first kappa shape index (κ1) is 24.1. The molecule has 2 aliphatic heterocycles. The van der Waals surface area contributed by atoms with Crippen molar-refractivity contribution < 1.29 is 19.2 Å². The van der Waals surface area contributed by atoms with E-state index >= 15 is 0 Å². The first-order valence-electron chi connectivity index (χ1n) is 11.0. The van der Waals surface area contributed by atoms with Crippen LogP contribution in [0.25, 0.3) is 6.08 Å². The van der Waals surface area contributed by atoms with Crippen LogP contribution in [0.4, 0.5) is 5.69 Å². The molecule has 0 aliphatic carbocycles. The molecule has 0 aromatic heterocycles. The molecule has 2 aliphatic rings. The van der Waals surface area contributed by atoms with Crippen molar-refractivity contribution in [3.8, 4) is 11.5 Å². The third-order valence-electron chi connectivity index (χ3n) is 5.10. The number of amides is 1. The van der Waals surface area contributed by atoms with E-state index in [-0.39, 0.29) is 30.3 Å². The molecule has 0 spiro atoms. The van der Waals surface area contributed by atoms with Crippen molar-refractivity contribution in [3.05, 3.63) is 69.8 Å². The topological polar surface area (TPSA) is 130 Å². The summed E-state index contributed by atoms with van der Waals surface area (Å²) in [6.45, 7) is 2.65. The summed E-state index contributed by atoms with van der Waals surface area (Å²) in [5.41, 5.74) is 0.915. The second kappa shape index (κ2) is 11.0. The Kier molecular flexibility index (Phi) is 7.56. The SMILES string of the molecule is CCCCC1=NN2C(=N)/C(=C/c3ccc(OCCOc4ccc([N+](=O)[O-])cc4)cc3)C(=O)N=C2S1. The molecule has 35 heavy (non-hydrogen) atoms. The Morgan fingerprint density at radius 3 is 2.31 bits per heavy atom. The van der Waals surface area contributed by atoms with Crippen LogP contribution in [-0.4, -0.2) is 45.1 Å². The fraction of sp³-hybridized carbons (Fsp3) is 0.250. The van der Waals surface area contributed by atoms with E-state index in [9.17, 15) is 14.9 Å². The van der Waals surface area contributed by atoms with Gasteiger partial charge in [-0.25, -0.2) is 0 Å². The normalized spacial score (nSPS) is 16.1. The molecule has 1 amide bonds. The molecule has 0 saturated heterocycles. The number of thioether (sulfide) groups is 1. The highest BCUT2D eigenvalue weighted by atomic mass is 32.2. The predicted molar refractivity (Wildman–Crippen MR) is 135 cm³/mol. The molecule has 180 valence electrons. The zero-order valence-electron chi connectivity index (χ0n) is 19.0. The summed E-state index contributed by atoms with van der Waals surface area (Å²) in [5.74, 6) is 0.697. The Morgan fingerprint density at radius 2 is 1.71 bits per heavy atom. The van der Waals surface area contributed by atoms with E-state index in [2.05, 4.69) is 17.0 Å². The number of hydrazone groups is 1. The molecular formula is C24H23N5O5S. The first-order valence-corrected chi connectivity index (χ1v) is 11.9. The molecule has 0 fully saturated rings. The minimum absolute atomic E-state index is 0.00439. The Balaban J connectivity index is 1.32. The van der Waals surface area contributed by atoms with Gasteiger partial charge in [-0.3, -0.25) is 20.3 Å². The summed E-state index contributed by atoms with van der Waals surface area (Å²) >= 11 is 1.35. The predicted octanol–water partition coefficient (Wildman–Crippen LogP) is 4.86. The summed E-state index contributed by atoms with van der Waals surface area (Å²) in [7, 11) is 0. The monoisotopic (exact) mass is 493 g/mol. The van der Waals surface area contributed by atoms with Crippen molar-refractivity contribution in [1.82, 2.24) is 5.01 Å². The van der Waals surface area contributed by atoms with E-state index in [4.69, 9.17) is 14.9 Å². The van der Waals surface area contributed by atoms with E-state index in [0.29, 0.717) is 16.7 Å². The maximum Gasteiger partial charge on any atom is 0.283 e. The van der Waals surface area contributed by atoms with Crippen molar-refractivity contribution in [1.29, 1.82) is 5.41 Å². The van der Waals surface area contributed by atoms with Gasteiger partial charge < -0.3 is 9.47 Å². The number of nitrogens with one attached hydrogen (secondary N) is 1. The Hall–Kier alpha value is -3.99. The molecule has 0 saturated carbocycles. The molecule has 2 aromatic rings. The smallest absolute Gasteiger partial charge is 0.283 e. The second-order valence-electron chi connectivity index (χ2n) is 7.63. The molecule has 11 heteroatoms. The average Bonchev–Trinajstić information content (AvgIpc) is 3.27. The standard InChI is InChI=1S/C24H23N5O5S/c1-2-3-4-21-27-28-22(25)20(23(30)26-24(28)35-21)15-16-5-9-18(10-6-16)33-13-14-34-19-11-7-17(8-12-19)29(31)32/h5-12,15,25H,2-4,13-14H2,1H3/b20-15-,25-22?. The van der Waals surface area contributed by atoms with Gasteiger partial charge in [-0.1, -0.05) is 25.5 Å². The van der Waals surface area contributed by atoms with E-state index in [1.807, 2.05) is 0 Å². The summed E-state index contributed by atoms with van der Waals surface area (Å²) in [5, 5.41) is 26.3. The molecule has 4 rings (SSSR count). The van der Waals surface area contributed by atoms with Crippen LogP contribution in [0.5, 0.6) is 11.5 Å². The van der Waals surface area contributed by atoms with Crippen LogP contribution in [0.1, 0.15) is 31.7 Å². The van der Waals surface area contributed by atoms with Crippen molar-refractivity contribution in [2.24, 2.45) is 10.1 Å². The zero-order chi connectivity index (χ0) is 24.8. The second-order valence-corrected chi connectivity index (χ2v) is 8.67. The van der Waals surface area contributed by atoms with Crippen molar-refractivity contribution in [2.75, 3.05) is 13.2 Å². The first-order chi connectivity index (χ1) is 16.9. The fourth-order valence-corrected chi connectivity index (χ4v) is 4.20. The van der Waals surface area contributed by atoms with E-state index in [0.717, 1.165) is 29.9 Å². The van der Waals surface area contributed by atoms with Gasteiger partial charge in [-0.15, -0.1) is 0 Å². The molecule has 0 unspecified atom stereocenters. The van der Waals surface area contributed by atoms with Gasteiger partial charge in [-0.2, -0.15) is 15.1 Å². The fourth-order valence-electron chi connectivity index (χ4n) is 3.27. The van der Waals surface area contributed by atoms with Gasteiger partial charge in [0.2, 0.25) is 5.17 Å². The Bertz CT molecular complexity index is 1220. The number of aliphatic imine (C=N–C) groups is 1. The van der Waals surface area contributed by atoms with Gasteiger partial charge >= 0.3 is 0 Å². The lowest BCUT2D eigenvalue weighted by Gasteiger charge is -2.20. The number of carbonyl (C=O) groups excluding carboxylic acids is 1. The van der Waals surface area contributed by atoms with Gasteiger partial charge in [0.15, 0.2) is 5.84 Å². The summed E-state index contributed by atoms with van der Waals surface area (Å²) in [6.07, 6.45) is 4.46. The quantitative estimate of drug-likeness (QED) is 0.216. The van der Waals surface area contributed by atoms with Crippen LogP contribution < -0.4 is 9.47 Å². The third-order valence-corrected chi connectivity index (χ3v) is 6.07. The number of unbranched alkanes of at least 4 members (excludes halogenated alkanes) is 1. The number of rotatable bonds is 10. The van der Waals surface area contributed by atoms with Crippen molar-refractivity contribution >= 4 is 45.5 Å². The highest BCUT2D eigenvalue weighted by Crippen LogP contribution is 2.30. The third kappa shape index (κ3) is 5.93. The van der Waals surface area contributed by atoms with E-state index in [1.54, 1.807) is 30.3 Å². The van der Waals surface area contributed by atoms with Crippen molar-refractivity contribution in [3.63, 3.8) is 0 Å². The molecule has 0 atom stereocenters. The minimum Gasteiger partial charge on any atom is -0.490 e. The number of nitro benzene ring substituents is 1. The number of nitrogens with zero attached hydrogens (tertiary/aromatic N) is 4. The lowest BCUT2D eigenvalue weighted by atomic mass is 10.1. The minimum atomic E-state index is -0.465. The number of nitro groups is 1. The summed E-state index contributed by atoms with van der Waals surface area (Å²) < 4.78 is 11.2. The van der Waals surface area contributed by atoms with Crippen molar-refractivity contribution in [2.45, 2.75) is 26.2 Å². The van der Waals surface area contributed by atoms with Gasteiger partial charge in [-0.05, 0) is 60.5 Å².